The fourth-order valence-corrected chi connectivity index (χ4v) is 2.81. The highest BCUT2D eigenvalue weighted by Gasteiger charge is 2.27. The van der Waals surface area contributed by atoms with E-state index in [1.165, 1.54) is 0 Å². The highest BCUT2D eigenvalue weighted by atomic mass is 79.9. The number of hydrogen-bond donors (Lipinski definition) is 2. The summed E-state index contributed by atoms with van der Waals surface area (Å²) in [5, 5.41) is 2.82. The molecule has 1 aliphatic carbocycles. The van der Waals surface area contributed by atoms with Crippen molar-refractivity contribution in [3.05, 3.63) is 28.7 Å². The van der Waals surface area contributed by atoms with Gasteiger partial charge in [-0.15, -0.1) is 0 Å². The second-order valence-corrected chi connectivity index (χ2v) is 5.66. The lowest BCUT2D eigenvalue weighted by Crippen LogP contribution is -2.29. The van der Waals surface area contributed by atoms with Crippen LogP contribution >= 0.6 is 15.9 Å². The Bertz CT molecular complexity index is 439. The molecular weight excluding hydrogens is 308 g/mol. The van der Waals surface area contributed by atoms with Crippen molar-refractivity contribution in [3.8, 4) is 0 Å². The van der Waals surface area contributed by atoms with Crippen LogP contribution in [0.5, 0.6) is 0 Å². The van der Waals surface area contributed by atoms with Gasteiger partial charge in [-0.25, -0.2) is 0 Å². The highest BCUT2D eigenvalue weighted by molar-refractivity contribution is 9.10. The topological polar surface area (TPSA) is 64.3 Å². The number of carbonyl (C=O) groups is 1. The fraction of sp³-hybridized carbons (Fsp3) is 0.500. The Kier molecular flexibility index (Phi) is 5.36. The van der Waals surface area contributed by atoms with E-state index < -0.39 is 0 Å². The number of anilines is 1. The van der Waals surface area contributed by atoms with Gasteiger partial charge in [-0.3, -0.25) is 4.79 Å². The quantitative estimate of drug-likeness (QED) is 0.873. The maximum absolute atomic E-state index is 11.8. The molecule has 4 nitrogen and oxygen atoms in total. The molecule has 2 unspecified atom stereocenters. The van der Waals surface area contributed by atoms with Gasteiger partial charge < -0.3 is 15.8 Å². The monoisotopic (exact) mass is 326 g/mol. The van der Waals surface area contributed by atoms with E-state index in [2.05, 4.69) is 21.2 Å². The van der Waals surface area contributed by atoms with E-state index in [1.807, 2.05) is 24.3 Å². The van der Waals surface area contributed by atoms with Crippen molar-refractivity contribution in [2.75, 3.05) is 18.5 Å². The first-order valence-corrected chi connectivity index (χ1v) is 7.36. The molecule has 0 aromatic heterocycles. The van der Waals surface area contributed by atoms with Gasteiger partial charge in [0.1, 0.15) is 6.61 Å². The second kappa shape index (κ2) is 7.03. The Balaban J connectivity index is 1.80. The molecule has 2 atom stereocenters. The molecule has 1 fully saturated rings. The zero-order valence-electron chi connectivity index (χ0n) is 10.8. The first-order chi connectivity index (χ1) is 9.20. The molecule has 0 saturated heterocycles. The van der Waals surface area contributed by atoms with E-state index in [9.17, 15) is 4.79 Å². The largest absolute Gasteiger partial charge is 0.368 e. The molecule has 1 amide bonds. The zero-order chi connectivity index (χ0) is 13.7. The first-order valence-electron chi connectivity index (χ1n) is 6.56. The third kappa shape index (κ3) is 4.03. The summed E-state index contributed by atoms with van der Waals surface area (Å²) in [5.74, 6) is 0.269. The molecule has 0 radical (unpaired) electrons. The number of carbonyl (C=O) groups excluding carboxylic acids is 1. The summed E-state index contributed by atoms with van der Waals surface area (Å²) in [5.41, 5.74) is 6.45. The van der Waals surface area contributed by atoms with E-state index in [0.29, 0.717) is 12.5 Å². The minimum atomic E-state index is -0.130. The molecule has 1 aromatic carbocycles. The van der Waals surface area contributed by atoms with Crippen LogP contribution in [0.25, 0.3) is 0 Å². The van der Waals surface area contributed by atoms with Crippen LogP contribution in [0, 0.1) is 5.92 Å². The number of para-hydroxylation sites is 1. The van der Waals surface area contributed by atoms with Crippen molar-refractivity contribution in [1.82, 2.24) is 0 Å². The standard InChI is InChI=1S/C14H19BrN2O2/c15-11-5-1-2-6-12(11)17-14(18)9-19-13-7-3-4-10(13)8-16/h1-2,5-6,10,13H,3-4,7-9,16H2,(H,17,18). The van der Waals surface area contributed by atoms with Crippen molar-refractivity contribution in [1.29, 1.82) is 0 Å². The smallest absolute Gasteiger partial charge is 0.250 e. The summed E-state index contributed by atoms with van der Waals surface area (Å²) in [7, 11) is 0. The fourth-order valence-electron chi connectivity index (χ4n) is 2.42. The SMILES string of the molecule is NCC1CCCC1OCC(=O)Nc1ccccc1Br. The van der Waals surface area contributed by atoms with Crippen LogP contribution < -0.4 is 11.1 Å². The molecule has 1 saturated carbocycles. The lowest BCUT2D eigenvalue weighted by Gasteiger charge is -2.18. The van der Waals surface area contributed by atoms with Gasteiger partial charge in [0.05, 0.1) is 11.8 Å². The normalized spacial score (nSPS) is 22.4. The molecule has 2 rings (SSSR count). The van der Waals surface area contributed by atoms with Gasteiger partial charge in [-0.2, -0.15) is 0 Å². The molecule has 19 heavy (non-hydrogen) atoms. The molecule has 0 spiro atoms. The minimum Gasteiger partial charge on any atom is -0.368 e. The number of ether oxygens (including phenoxy) is 1. The minimum absolute atomic E-state index is 0.0858. The van der Waals surface area contributed by atoms with Gasteiger partial charge >= 0.3 is 0 Å². The van der Waals surface area contributed by atoms with E-state index >= 15 is 0 Å². The van der Waals surface area contributed by atoms with Crippen LogP contribution in [-0.2, 0) is 9.53 Å². The van der Waals surface area contributed by atoms with Crippen LogP contribution in [0.2, 0.25) is 0 Å². The number of amides is 1. The third-order valence-corrected chi connectivity index (χ3v) is 4.16. The van der Waals surface area contributed by atoms with Gasteiger partial charge in [0, 0.05) is 4.47 Å². The van der Waals surface area contributed by atoms with Gasteiger partial charge in [-0.1, -0.05) is 18.6 Å². The van der Waals surface area contributed by atoms with E-state index in [1.54, 1.807) is 0 Å². The number of hydrogen-bond acceptors (Lipinski definition) is 3. The number of halogens is 1. The summed E-state index contributed by atoms with van der Waals surface area (Å²) in [4.78, 5) is 11.8. The summed E-state index contributed by atoms with van der Waals surface area (Å²) in [6, 6.07) is 7.52. The van der Waals surface area contributed by atoms with Crippen LogP contribution in [0.3, 0.4) is 0 Å². The molecule has 104 valence electrons. The predicted octanol–water partition coefficient (Wildman–Crippen LogP) is 2.53. The Hall–Kier alpha value is -0.910. The summed E-state index contributed by atoms with van der Waals surface area (Å²) in [6.45, 7) is 0.721. The van der Waals surface area contributed by atoms with Gasteiger partial charge in [0.2, 0.25) is 5.91 Å². The van der Waals surface area contributed by atoms with Crippen molar-refractivity contribution in [2.24, 2.45) is 11.7 Å². The summed E-state index contributed by atoms with van der Waals surface area (Å²) in [6.07, 6.45) is 3.38. The molecule has 0 bridgehead atoms. The van der Waals surface area contributed by atoms with Gasteiger partial charge in [0.15, 0.2) is 0 Å². The molecular formula is C14H19BrN2O2. The highest BCUT2D eigenvalue weighted by Crippen LogP contribution is 2.27. The zero-order valence-corrected chi connectivity index (χ0v) is 12.4. The lowest BCUT2D eigenvalue weighted by atomic mass is 10.1. The molecule has 5 heteroatoms. The van der Waals surface area contributed by atoms with Crippen LogP contribution in [0.15, 0.2) is 28.7 Å². The van der Waals surface area contributed by atoms with Gasteiger partial charge in [0.25, 0.3) is 0 Å². The average Bonchev–Trinajstić information content (AvgIpc) is 2.86. The van der Waals surface area contributed by atoms with Crippen molar-refractivity contribution in [2.45, 2.75) is 25.4 Å². The van der Waals surface area contributed by atoms with Crippen molar-refractivity contribution in [3.63, 3.8) is 0 Å². The maximum atomic E-state index is 11.8. The summed E-state index contributed by atoms with van der Waals surface area (Å²) >= 11 is 3.39. The molecule has 3 N–H and O–H groups in total. The number of nitrogens with one attached hydrogen (secondary N) is 1. The molecule has 0 aliphatic heterocycles. The predicted molar refractivity (Wildman–Crippen MR) is 78.9 cm³/mol. The van der Waals surface area contributed by atoms with Crippen LogP contribution in [-0.4, -0.2) is 25.2 Å². The van der Waals surface area contributed by atoms with Crippen LogP contribution in [0.1, 0.15) is 19.3 Å². The van der Waals surface area contributed by atoms with E-state index in [0.717, 1.165) is 29.4 Å². The molecule has 1 aromatic rings. The van der Waals surface area contributed by atoms with Crippen molar-refractivity contribution < 1.29 is 9.53 Å². The number of benzene rings is 1. The Morgan fingerprint density at radius 2 is 2.21 bits per heavy atom. The number of rotatable bonds is 5. The van der Waals surface area contributed by atoms with E-state index in [4.69, 9.17) is 10.5 Å². The van der Waals surface area contributed by atoms with E-state index in [-0.39, 0.29) is 18.6 Å². The Morgan fingerprint density at radius 1 is 1.42 bits per heavy atom. The maximum Gasteiger partial charge on any atom is 0.250 e. The first kappa shape index (κ1) is 14.5. The molecule has 0 heterocycles. The average molecular weight is 327 g/mol. The van der Waals surface area contributed by atoms with Gasteiger partial charge in [-0.05, 0) is 53.4 Å². The van der Waals surface area contributed by atoms with Crippen molar-refractivity contribution >= 4 is 27.5 Å². The lowest BCUT2D eigenvalue weighted by molar-refractivity contribution is -0.123. The number of nitrogens with two attached hydrogens (primary N) is 1. The Morgan fingerprint density at radius 3 is 2.95 bits per heavy atom. The summed E-state index contributed by atoms with van der Waals surface area (Å²) < 4.78 is 6.54. The van der Waals surface area contributed by atoms with Crippen LogP contribution in [0.4, 0.5) is 5.69 Å². The third-order valence-electron chi connectivity index (χ3n) is 3.47. The second-order valence-electron chi connectivity index (χ2n) is 4.80. The molecule has 1 aliphatic rings. The Labute approximate surface area is 121 Å².